The van der Waals surface area contributed by atoms with Gasteiger partial charge >= 0.3 is 136 Å². The summed E-state index contributed by atoms with van der Waals surface area (Å²) in [6.07, 6.45) is 0. The van der Waals surface area contributed by atoms with E-state index in [1.807, 2.05) is 27.8 Å². The summed E-state index contributed by atoms with van der Waals surface area (Å²) in [6.45, 7) is 0. The predicted molar refractivity (Wildman–Crippen MR) is 87.0 cm³/mol. The Kier molecular flexibility index (Phi) is 3.12. The van der Waals surface area contributed by atoms with E-state index in [9.17, 15) is 0 Å². The van der Waals surface area contributed by atoms with Crippen LogP contribution in [0.15, 0.2) is 42.5 Å². The zero-order valence-corrected chi connectivity index (χ0v) is 13.8. The van der Waals surface area contributed by atoms with Gasteiger partial charge in [0.15, 0.2) is 0 Å². The molecule has 0 bridgehead atoms. The molecule has 0 aliphatic carbocycles. The molecule has 2 aromatic heterocycles. The summed E-state index contributed by atoms with van der Waals surface area (Å²) in [5.74, 6) is 0.547. The number of hydrogen-bond donors (Lipinski definition) is 0. The zero-order chi connectivity index (χ0) is 14.4. The van der Waals surface area contributed by atoms with Crippen LogP contribution in [-0.4, -0.2) is 33.5 Å². The van der Waals surface area contributed by atoms with Crippen LogP contribution in [0.3, 0.4) is 0 Å². The summed E-state index contributed by atoms with van der Waals surface area (Å²) in [6, 6.07) is 13.5. The number of nitrogens with zero attached hydrogens (tertiary/aromatic N) is 4. The number of fused-ring (bicyclic) bond motifs is 2. The van der Waals surface area contributed by atoms with Crippen LogP contribution in [0.25, 0.3) is 26.6 Å². The second-order valence-corrected chi connectivity index (χ2v) is 7.33. The molecule has 0 N–H and O–H groups in total. The standard InChI is InChI=1S/C14H7ClN4SSe/c15-8-5-6-10-11(7-8)17-18-14(16-10)19-13(20)9-3-1-2-4-12(9)21-19/h1-7H. The number of aromatic nitrogens is 4. The molecule has 0 saturated carbocycles. The Bertz CT molecular complexity index is 1040. The molecule has 0 aliphatic rings. The van der Waals surface area contributed by atoms with Gasteiger partial charge in [0.1, 0.15) is 0 Å². The van der Waals surface area contributed by atoms with Crippen molar-refractivity contribution < 1.29 is 0 Å². The van der Waals surface area contributed by atoms with Crippen LogP contribution in [0.5, 0.6) is 0 Å². The van der Waals surface area contributed by atoms with Crippen molar-refractivity contribution >= 4 is 59.2 Å². The van der Waals surface area contributed by atoms with Crippen LogP contribution >= 0.6 is 23.8 Å². The van der Waals surface area contributed by atoms with E-state index >= 15 is 0 Å². The average Bonchev–Trinajstić information content (AvgIpc) is 2.84. The van der Waals surface area contributed by atoms with Gasteiger partial charge in [-0.1, -0.05) is 0 Å². The summed E-state index contributed by atoms with van der Waals surface area (Å²) in [5.41, 5.74) is 1.44. The van der Waals surface area contributed by atoms with Crippen LogP contribution in [0.2, 0.25) is 5.02 Å². The van der Waals surface area contributed by atoms with E-state index in [0.717, 1.165) is 15.5 Å². The topological polar surface area (TPSA) is 43.6 Å². The first kappa shape index (κ1) is 13.1. The van der Waals surface area contributed by atoms with E-state index in [4.69, 9.17) is 23.8 Å². The van der Waals surface area contributed by atoms with Crippen molar-refractivity contribution in [1.29, 1.82) is 0 Å². The molecule has 4 rings (SSSR count). The molecule has 0 unspecified atom stereocenters. The fraction of sp³-hybridized carbons (Fsp3) is 0. The molecule has 2 aromatic carbocycles. The van der Waals surface area contributed by atoms with Crippen molar-refractivity contribution in [3.63, 3.8) is 0 Å². The normalized spacial score (nSPS) is 11.3. The van der Waals surface area contributed by atoms with Gasteiger partial charge in [0.05, 0.1) is 0 Å². The minimum absolute atomic E-state index is 0.0511. The van der Waals surface area contributed by atoms with Crippen molar-refractivity contribution in [3.05, 3.63) is 52.1 Å². The van der Waals surface area contributed by atoms with E-state index < -0.39 is 0 Å². The average molecular weight is 378 g/mol. The molecule has 7 heteroatoms. The molecular formula is C14H7ClN4SSe. The quantitative estimate of drug-likeness (QED) is 0.377. The molecule has 0 atom stereocenters. The van der Waals surface area contributed by atoms with Crippen LogP contribution in [-0.2, 0) is 0 Å². The van der Waals surface area contributed by atoms with Gasteiger partial charge in [0, 0.05) is 0 Å². The molecule has 4 nitrogen and oxygen atoms in total. The third-order valence-corrected chi connectivity index (χ3v) is 6.25. The third kappa shape index (κ3) is 2.21. The molecular weight excluding hydrogens is 371 g/mol. The number of hydrogen-bond acceptors (Lipinski definition) is 4. The van der Waals surface area contributed by atoms with Gasteiger partial charge in [-0.05, 0) is 0 Å². The predicted octanol–water partition coefficient (Wildman–Crippen LogP) is 3.41. The second-order valence-electron chi connectivity index (χ2n) is 4.43. The van der Waals surface area contributed by atoms with Crippen LogP contribution < -0.4 is 0 Å². The first-order valence-electron chi connectivity index (χ1n) is 6.14. The summed E-state index contributed by atoms with van der Waals surface area (Å²) in [7, 11) is 0. The van der Waals surface area contributed by atoms with Crippen LogP contribution in [0, 0.1) is 4.64 Å². The Hall–Kier alpha value is -1.59. The monoisotopic (exact) mass is 378 g/mol. The third-order valence-electron chi connectivity index (χ3n) is 3.08. The summed E-state index contributed by atoms with van der Waals surface area (Å²) < 4.78 is 3.98. The van der Waals surface area contributed by atoms with Gasteiger partial charge < -0.3 is 0 Å². The molecule has 21 heavy (non-hydrogen) atoms. The van der Waals surface area contributed by atoms with E-state index in [2.05, 4.69) is 21.2 Å². The zero-order valence-electron chi connectivity index (χ0n) is 10.5. The fourth-order valence-corrected chi connectivity index (χ4v) is 4.83. The van der Waals surface area contributed by atoms with Gasteiger partial charge in [-0.3, -0.25) is 0 Å². The summed E-state index contributed by atoms with van der Waals surface area (Å²) >= 11 is 11.5. The molecule has 4 aromatic rings. The second kappa shape index (κ2) is 5.00. The van der Waals surface area contributed by atoms with Crippen molar-refractivity contribution in [1.82, 2.24) is 18.7 Å². The molecule has 0 spiro atoms. The Morgan fingerprint density at radius 1 is 1.05 bits per heavy atom. The van der Waals surface area contributed by atoms with E-state index in [1.54, 1.807) is 12.1 Å². The van der Waals surface area contributed by atoms with Gasteiger partial charge in [0.2, 0.25) is 0 Å². The SMILES string of the molecule is S=c1c2ccccc2[se]n1-c1nnc2cc(Cl)ccc2n1. The van der Waals surface area contributed by atoms with Crippen LogP contribution in [0.4, 0.5) is 0 Å². The molecule has 0 saturated heterocycles. The molecule has 0 aliphatic heterocycles. The van der Waals surface area contributed by atoms with Gasteiger partial charge in [-0.25, -0.2) is 0 Å². The fourth-order valence-electron chi connectivity index (χ4n) is 2.09. The first-order chi connectivity index (χ1) is 10.2. The van der Waals surface area contributed by atoms with Gasteiger partial charge in [-0.2, -0.15) is 0 Å². The van der Waals surface area contributed by atoms with Crippen molar-refractivity contribution in [2.24, 2.45) is 0 Å². The number of halogens is 1. The molecule has 2 heterocycles. The molecule has 0 amide bonds. The van der Waals surface area contributed by atoms with Crippen molar-refractivity contribution in [2.45, 2.75) is 0 Å². The summed E-state index contributed by atoms with van der Waals surface area (Å²) in [4.78, 5) is 4.55. The Labute approximate surface area is 136 Å². The van der Waals surface area contributed by atoms with Gasteiger partial charge in [-0.15, -0.1) is 0 Å². The van der Waals surface area contributed by atoms with Crippen LogP contribution in [0.1, 0.15) is 0 Å². The van der Waals surface area contributed by atoms with E-state index in [0.29, 0.717) is 16.5 Å². The first-order valence-corrected chi connectivity index (χ1v) is 8.55. The number of rotatable bonds is 1. The molecule has 0 radical (unpaired) electrons. The number of benzene rings is 2. The Balaban J connectivity index is 1.98. The van der Waals surface area contributed by atoms with Gasteiger partial charge in [0.25, 0.3) is 0 Å². The maximum absolute atomic E-state index is 5.95. The Morgan fingerprint density at radius 2 is 1.90 bits per heavy atom. The van der Waals surface area contributed by atoms with Crippen molar-refractivity contribution in [3.8, 4) is 5.95 Å². The van der Waals surface area contributed by atoms with E-state index in [1.165, 1.54) is 4.26 Å². The minimum atomic E-state index is 0.0511. The summed E-state index contributed by atoms with van der Waals surface area (Å²) in [5, 5.41) is 10.1. The maximum atomic E-state index is 5.95. The van der Waals surface area contributed by atoms with E-state index in [-0.39, 0.29) is 14.7 Å². The van der Waals surface area contributed by atoms with Crippen molar-refractivity contribution in [2.75, 3.05) is 0 Å². The molecule has 0 fully saturated rings. The molecule has 102 valence electrons. The Morgan fingerprint density at radius 3 is 2.76 bits per heavy atom.